The van der Waals surface area contributed by atoms with Crippen LogP contribution in [-0.2, 0) is 0 Å². The van der Waals surface area contributed by atoms with E-state index in [2.05, 4.69) is 18.8 Å². The lowest BCUT2D eigenvalue weighted by Crippen LogP contribution is -2.07. The second-order valence-electron chi connectivity index (χ2n) is 4.29. The minimum Gasteiger partial charge on any atom is -0.388 e. The van der Waals surface area contributed by atoms with E-state index in [0.717, 1.165) is 22.9 Å². The summed E-state index contributed by atoms with van der Waals surface area (Å²) in [6, 6.07) is 9.90. The summed E-state index contributed by atoms with van der Waals surface area (Å²) in [5, 5.41) is 11.2. The number of hydrogen-bond acceptors (Lipinski definition) is 2. The van der Waals surface area contributed by atoms with Crippen molar-refractivity contribution < 1.29 is 5.11 Å². The predicted molar refractivity (Wildman–Crippen MR) is 66.2 cm³/mol. The molecule has 2 heteroatoms. The van der Waals surface area contributed by atoms with Crippen LogP contribution in [0.25, 0.3) is 10.9 Å². The second kappa shape index (κ2) is 4.62. The van der Waals surface area contributed by atoms with Crippen LogP contribution in [0, 0.1) is 5.92 Å². The van der Waals surface area contributed by atoms with Gasteiger partial charge < -0.3 is 5.11 Å². The van der Waals surface area contributed by atoms with Crippen molar-refractivity contribution in [2.75, 3.05) is 0 Å². The van der Waals surface area contributed by atoms with Gasteiger partial charge in [-0.1, -0.05) is 32.4 Å². The molecule has 1 aromatic carbocycles. The lowest BCUT2D eigenvalue weighted by molar-refractivity contribution is 0.115. The third-order valence-corrected chi connectivity index (χ3v) is 3.15. The molecule has 0 fully saturated rings. The predicted octanol–water partition coefficient (Wildman–Crippen LogP) is 3.31. The summed E-state index contributed by atoms with van der Waals surface area (Å²) in [4.78, 5) is 4.27. The molecule has 1 aromatic heterocycles. The van der Waals surface area contributed by atoms with Crippen molar-refractivity contribution in [3.05, 3.63) is 42.1 Å². The van der Waals surface area contributed by atoms with Crippen LogP contribution in [0.1, 0.15) is 31.9 Å². The largest absolute Gasteiger partial charge is 0.388 e. The molecule has 0 bridgehead atoms. The quantitative estimate of drug-likeness (QED) is 0.852. The molecule has 0 aliphatic carbocycles. The van der Waals surface area contributed by atoms with Crippen molar-refractivity contribution >= 4 is 10.9 Å². The number of pyridine rings is 1. The van der Waals surface area contributed by atoms with Crippen molar-refractivity contribution in [3.8, 4) is 0 Å². The van der Waals surface area contributed by atoms with Gasteiger partial charge in [0.05, 0.1) is 11.6 Å². The lowest BCUT2D eigenvalue weighted by Gasteiger charge is -2.17. The summed E-state index contributed by atoms with van der Waals surface area (Å²) in [7, 11) is 0. The van der Waals surface area contributed by atoms with Crippen LogP contribution in [0.2, 0.25) is 0 Å². The van der Waals surface area contributed by atoms with E-state index in [1.807, 2.05) is 30.3 Å². The highest BCUT2D eigenvalue weighted by atomic mass is 16.3. The molecule has 84 valence electrons. The van der Waals surface area contributed by atoms with Gasteiger partial charge in [0.1, 0.15) is 0 Å². The summed E-state index contributed by atoms with van der Waals surface area (Å²) in [6.45, 7) is 4.16. The maximum atomic E-state index is 10.1. The van der Waals surface area contributed by atoms with Gasteiger partial charge in [0.2, 0.25) is 0 Å². The Morgan fingerprint density at radius 2 is 2.12 bits per heavy atom. The van der Waals surface area contributed by atoms with Gasteiger partial charge in [-0.3, -0.25) is 4.98 Å². The number of benzene rings is 1. The molecule has 2 atom stereocenters. The van der Waals surface area contributed by atoms with Gasteiger partial charge in [-0.15, -0.1) is 0 Å². The van der Waals surface area contributed by atoms with Crippen LogP contribution in [0.5, 0.6) is 0 Å². The lowest BCUT2D eigenvalue weighted by atomic mass is 9.94. The summed E-state index contributed by atoms with van der Waals surface area (Å²) in [5.41, 5.74) is 1.96. The molecule has 0 amide bonds. The smallest absolute Gasteiger partial charge is 0.0815 e. The molecule has 2 aromatic rings. The number of aliphatic hydroxyl groups excluding tert-OH is 1. The standard InChI is InChI=1S/C14H17NO/c1-3-10(2)14(16)12-6-7-13-11(9-12)5-4-8-15-13/h4-10,14,16H,3H2,1-2H3/t10-,14?/m0/s1. The number of aliphatic hydroxyl groups is 1. The van der Waals surface area contributed by atoms with Gasteiger partial charge >= 0.3 is 0 Å². The van der Waals surface area contributed by atoms with E-state index < -0.39 is 0 Å². The van der Waals surface area contributed by atoms with Gasteiger partial charge in [0.25, 0.3) is 0 Å². The van der Waals surface area contributed by atoms with E-state index in [9.17, 15) is 5.11 Å². The van der Waals surface area contributed by atoms with Crippen molar-refractivity contribution in [2.24, 2.45) is 5.92 Å². The van der Waals surface area contributed by atoms with Gasteiger partial charge in [-0.25, -0.2) is 0 Å². The molecule has 2 nitrogen and oxygen atoms in total. The fourth-order valence-electron chi connectivity index (χ4n) is 1.83. The zero-order chi connectivity index (χ0) is 11.5. The fourth-order valence-corrected chi connectivity index (χ4v) is 1.83. The Bertz CT molecular complexity index is 481. The highest BCUT2D eigenvalue weighted by Crippen LogP contribution is 2.26. The first kappa shape index (κ1) is 11.1. The van der Waals surface area contributed by atoms with Crippen molar-refractivity contribution in [1.82, 2.24) is 4.98 Å². The third kappa shape index (κ3) is 2.07. The maximum Gasteiger partial charge on any atom is 0.0815 e. The average molecular weight is 215 g/mol. The first-order valence-corrected chi connectivity index (χ1v) is 5.75. The Morgan fingerprint density at radius 1 is 1.31 bits per heavy atom. The number of aromatic nitrogens is 1. The zero-order valence-corrected chi connectivity index (χ0v) is 9.72. The molecular weight excluding hydrogens is 198 g/mol. The first-order valence-electron chi connectivity index (χ1n) is 5.75. The Hall–Kier alpha value is -1.41. The van der Waals surface area contributed by atoms with Crippen LogP contribution >= 0.6 is 0 Å². The van der Waals surface area contributed by atoms with Crippen molar-refractivity contribution in [2.45, 2.75) is 26.4 Å². The van der Waals surface area contributed by atoms with E-state index in [0.29, 0.717) is 0 Å². The molecular formula is C14H17NO. The normalized spacial score (nSPS) is 14.9. The Balaban J connectivity index is 2.39. The molecule has 2 rings (SSSR count). The number of hydrogen-bond donors (Lipinski definition) is 1. The SMILES string of the molecule is CC[C@H](C)C(O)c1ccc2ncccc2c1. The molecule has 1 unspecified atom stereocenters. The van der Waals surface area contributed by atoms with Crippen LogP contribution in [0.3, 0.4) is 0 Å². The first-order chi connectivity index (χ1) is 7.72. The average Bonchev–Trinajstić information content (AvgIpc) is 2.36. The Labute approximate surface area is 96.0 Å². The van der Waals surface area contributed by atoms with Gasteiger partial charge in [0.15, 0.2) is 0 Å². The minimum absolute atomic E-state index is 0.286. The van der Waals surface area contributed by atoms with Crippen LogP contribution in [-0.4, -0.2) is 10.1 Å². The van der Waals surface area contributed by atoms with Crippen molar-refractivity contribution in [3.63, 3.8) is 0 Å². The Morgan fingerprint density at radius 3 is 2.88 bits per heavy atom. The van der Waals surface area contributed by atoms with Crippen LogP contribution in [0.15, 0.2) is 36.5 Å². The molecule has 0 spiro atoms. The summed E-state index contributed by atoms with van der Waals surface area (Å²) in [6.07, 6.45) is 2.38. The summed E-state index contributed by atoms with van der Waals surface area (Å²) >= 11 is 0. The van der Waals surface area contributed by atoms with Gasteiger partial charge in [-0.2, -0.15) is 0 Å². The highest BCUT2D eigenvalue weighted by molar-refractivity contribution is 5.79. The fraction of sp³-hybridized carbons (Fsp3) is 0.357. The molecule has 16 heavy (non-hydrogen) atoms. The topological polar surface area (TPSA) is 33.1 Å². The van der Waals surface area contributed by atoms with Gasteiger partial charge in [-0.05, 0) is 29.7 Å². The zero-order valence-electron chi connectivity index (χ0n) is 9.72. The third-order valence-electron chi connectivity index (χ3n) is 3.15. The molecule has 0 aliphatic rings. The number of nitrogens with zero attached hydrogens (tertiary/aromatic N) is 1. The molecule has 1 heterocycles. The van der Waals surface area contributed by atoms with E-state index >= 15 is 0 Å². The molecule has 0 saturated carbocycles. The molecule has 0 saturated heterocycles. The second-order valence-corrected chi connectivity index (χ2v) is 4.29. The molecule has 0 aliphatic heterocycles. The Kier molecular flexibility index (Phi) is 3.20. The van der Waals surface area contributed by atoms with Gasteiger partial charge in [0, 0.05) is 11.6 Å². The number of rotatable bonds is 3. The molecule has 0 radical (unpaired) electrons. The highest BCUT2D eigenvalue weighted by Gasteiger charge is 2.14. The van der Waals surface area contributed by atoms with Crippen LogP contribution in [0.4, 0.5) is 0 Å². The summed E-state index contributed by atoms with van der Waals surface area (Å²) in [5.74, 6) is 0.286. The van der Waals surface area contributed by atoms with E-state index in [-0.39, 0.29) is 12.0 Å². The van der Waals surface area contributed by atoms with Crippen LogP contribution < -0.4 is 0 Å². The summed E-state index contributed by atoms with van der Waals surface area (Å²) < 4.78 is 0. The van der Waals surface area contributed by atoms with E-state index in [1.165, 1.54) is 0 Å². The monoisotopic (exact) mass is 215 g/mol. The number of fused-ring (bicyclic) bond motifs is 1. The van der Waals surface area contributed by atoms with E-state index in [1.54, 1.807) is 6.20 Å². The minimum atomic E-state index is -0.380. The van der Waals surface area contributed by atoms with Crippen molar-refractivity contribution in [1.29, 1.82) is 0 Å². The molecule has 1 N–H and O–H groups in total. The maximum absolute atomic E-state index is 10.1. The van der Waals surface area contributed by atoms with E-state index in [4.69, 9.17) is 0 Å².